The molecule has 3 atom stereocenters. The quantitative estimate of drug-likeness (QED) is 0.0896. The van der Waals surface area contributed by atoms with Gasteiger partial charge < -0.3 is 29.5 Å². The summed E-state index contributed by atoms with van der Waals surface area (Å²) in [5, 5.41) is 29.7. The topological polar surface area (TPSA) is 157 Å². The molecule has 7 rings (SSSR count). The molecule has 0 aliphatic rings. The van der Waals surface area contributed by atoms with Crippen LogP contribution >= 0.6 is 0 Å². The maximum absolute atomic E-state index is 11.9. The van der Waals surface area contributed by atoms with Crippen LogP contribution in [0.25, 0.3) is 0 Å². The fourth-order valence-corrected chi connectivity index (χ4v) is 6.06. The Bertz CT molecular complexity index is 2200. The molecule has 0 spiro atoms. The van der Waals surface area contributed by atoms with Crippen LogP contribution in [0, 0.1) is 0 Å². The van der Waals surface area contributed by atoms with E-state index in [1.807, 2.05) is 108 Å². The highest BCUT2D eigenvalue weighted by Crippen LogP contribution is 2.20. The fraction of sp³-hybridized carbons (Fsp3) is 0.258. The molecule has 0 saturated heterocycles. The van der Waals surface area contributed by atoms with E-state index in [-0.39, 0.29) is 23.1 Å². The third-order valence-corrected chi connectivity index (χ3v) is 9.40. The first-order chi connectivity index (χ1) is 34.6. The van der Waals surface area contributed by atoms with Crippen LogP contribution in [0.5, 0.6) is 0 Å². The van der Waals surface area contributed by atoms with E-state index in [0.29, 0.717) is 45.6 Å². The van der Waals surface area contributed by atoms with E-state index in [4.69, 9.17) is 9.47 Å². The van der Waals surface area contributed by atoms with Crippen LogP contribution in [-0.4, -0.2) is 78.1 Å². The lowest BCUT2D eigenvalue weighted by Gasteiger charge is -2.09. The summed E-state index contributed by atoms with van der Waals surface area (Å²) in [6.07, 6.45) is -2.49. The lowest BCUT2D eigenvalue weighted by molar-refractivity contribution is 0.0300. The molecule has 10 nitrogen and oxygen atoms in total. The highest BCUT2D eigenvalue weighted by Gasteiger charge is 2.20. The number of rotatable bonds is 14. The molecule has 0 saturated carbocycles. The summed E-state index contributed by atoms with van der Waals surface area (Å²) in [6.45, 7) is 15.4. The average Bonchev–Trinajstić information content (AvgIpc) is 3.42. The van der Waals surface area contributed by atoms with Crippen molar-refractivity contribution in [3.05, 3.63) is 251 Å². The minimum Gasteiger partial charge on any atom is -0.388 e. The number of hydrogen-bond donors (Lipinski definition) is 3. The molecule has 0 aliphatic carbocycles. The van der Waals surface area contributed by atoms with Crippen molar-refractivity contribution in [2.24, 2.45) is 0 Å². The van der Waals surface area contributed by atoms with E-state index < -0.39 is 18.3 Å². The number of carbonyl (C=O) groups is 4. The first kappa shape index (κ1) is 63.0. The number of ketones is 4. The lowest BCUT2D eigenvalue weighted by Crippen LogP contribution is -2.11. The molecule has 10 heteroatoms. The van der Waals surface area contributed by atoms with E-state index in [2.05, 4.69) is 4.74 Å². The van der Waals surface area contributed by atoms with Crippen molar-refractivity contribution in [2.45, 2.75) is 79.0 Å². The fourth-order valence-electron chi connectivity index (χ4n) is 6.06. The highest BCUT2D eigenvalue weighted by atomic mass is 16.5. The van der Waals surface area contributed by atoms with Crippen LogP contribution in [0.15, 0.2) is 212 Å². The van der Waals surface area contributed by atoms with Crippen molar-refractivity contribution >= 4 is 23.1 Å². The van der Waals surface area contributed by atoms with E-state index in [1.54, 1.807) is 167 Å². The maximum Gasteiger partial charge on any atom is 0.195 e. The van der Waals surface area contributed by atoms with Gasteiger partial charge in [0.05, 0.1) is 12.2 Å². The number of methoxy groups -OCH3 is 1. The molecule has 0 aromatic heterocycles. The molecule has 0 heterocycles. The number of hydrogen-bond acceptors (Lipinski definition) is 10. The Kier molecular flexibility index (Phi) is 33.9. The number of carbonyl (C=O) groups excluding carboxylic acids is 4. The summed E-state index contributed by atoms with van der Waals surface area (Å²) >= 11 is 0. The first-order valence-corrected chi connectivity index (χ1v) is 23.8. The molecule has 72 heavy (non-hydrogen) atoms. The zero-order chi connectivity index (χ0) is 53.5. The number of aliphatic hydroxyl groups excluding tert-OH is 3. The molecule has 7 aromatic rings. The van der Waals surface area contributed by atoms with Crippen LogP contribution in [0.1, 0.15) is 125 Å². The third kappa shape index (κ3) is 26.8. The first-order valence-electron chi connectivity index (χ1n) is 23.8. The summed E-state index contributed by atoms with van der Waals surface area (Å²) in [5.74, 6) is -0.694. The van der Waals surface area contributed by atoms with Gasteiger partial charge in [-0.1, -0.05) is 212 Å². The van der Waals surface area contributed by atoms with E-state index in [0.717, 1.165) is 18.8 Å². The van der Waals surface area contributed by atoms with E-state index in [9.17, 15) is 34.5 Å². The Morgan fingerprint density at radius 1 is 0.375 bits per heavy atom. The van der Waals surface area contributed by atoms with Crippen LogP contribution in [0.2, 0.25) is 0 Å². The molecule has 0 aliphatic heterocycles. The largest absolute Gasteiger partial charge is 0.388 e. The molecule has 0 bridgehead atoms. The molecular weight excluding hydrogens is 905 g/mol. The molecule has 7 aromatic carbocycles. The Morgan fingerprint density at radius 3 is 0.708 bits per heavy atom. The maximum atomic E-state index is 11.9. The molecule has 3 unspecified atom stereocenters. The number of Topliss-reactive ketones (excluding diaryl/α,β-unsaturated/α-hetero) is 4. The average molecular weight is 979 g/mol. The van der Waals surface area contributed by atoms with Crippen LogP contribution in [0.4, 0.5) is 0 Å². The summed E-state index contributed by atoms with van der Waals surface area (Å²) in [5.41, 5.74) is 4.22. The zero-order valence-electron chi connectivity index (χ0n) is 43.2. The molecule has 0 radical (unpaired) electrons. The van der Waals surface area contributed by atoms with Crippen molar-refractivity contribution in [3.63, 3.8) is 0 Å². The van der Waals surface area contributed by atoms with Crippen molar-refractivity contribution in [1.29, 1.82) is 0 Å². The van der Waals surface area contributed by atoms with Crippen molar-refractivity contribution < 1.29 is 48.7 Å². The molecule has 3 N–H and O–H groups in total. The number of aliphatic hydroxyl groups is 3. The second-order valence-corrected chi connectivity index (χ2v) is 16.0. The Balaban J connectivity index is 0.000000444. The van der Waals surface area contributed by atoms with Crippen molar-refractivity contribution in [2.75, 3.05) is 27.4 Å². The van der Waals surface area contributed by atoms with Gasteiger partial charge in [0.15, 0.2) is 23.1 Å². The van der Waals surface area contributed by atoms with Gasteiger partial charge in [-0.25, -0.2) is 0 Å². The second kappa shape index (κ2) is 38.7. The molecular formula is C62H74O10. The predicted molar refractivity (Wildman–Crippen MR) is 289 cm³/mol. The van der Waals surface area contributed by atoms with Gasteiger partial charge in [0.25, 0.3) is 0 Å². The zero-order valence-corrected chi connectivity index (χ0v) is 43.2. The monoisotopic (exact) mass is 979 g/mol. The van der Waals surface area contributed by atoms with Gasteiger partial charge in [0.1, 0.15) is 18.3 Å². The van der Waals surface area contributed by atoms with Gasteiger partial charge in [0.2, 0.25) is 0 Å². The number of ether oxygens (including phenoxy) is 3. The van der Waals surface area contributed by atoms with Gasteiger partial charge in [-0.05, 0) is 65.2 Å². The van der Waals surface area contributed by atoms with Gasteiger partial charge in [-0.2, -0.15) is 0 Å². The summed E-state index contributed by atoms with van der Waals surface area (Å²) in [7, 11) is 3.25. The Labute approximate surface area is 427 Å². The Hall–Kier alpha value is -7.02. The van der Waals surface area contributed by atoms with Crippen molar-refractivity contribution in [3.8, 4) is 0 Å². The minimum absolute atomic E-state index is 0.121. The van der Waals surface area contributed by atoms with Gasteiger partial charge in [0, 0.05) is 49.7 Å². The predicted octanol–water partition coefficient (Wildman–Crippen LogP) is 12.8. The van der Waals surface area contributed by atoms with E-state index >= 15 is 0 Å². The third-order valence-electron chi connectivity index (χ3n) is 9.40. The van der Waals surface area contributed by atoms with Gasteiger partial charge >= 0.3 is 0 Å². The second-order valence-electron chi connectivity index (χ2n) is 16.0. The minimum atomic E-state index is -1.08. The molecule has 382 valence electrons. The van der Waals surface area contributed by atoms with Crippen LogP contribution in [0.3, 0.4) is 0 Å². The summed E-state index contributed by atoms with van der Waals surface area (Å²) < 4.78 is 14.3. The molecule has 0 amide bonds. The Morgan fingerprint density at radius 2 is 0.569 bits per heavy atom. The molecule has 0 fully saturated rings. The summed E-state index contributed by atoms with van der Waals surface area (Å²) in [4.78, 5) is 46.3. The van der Waals surface area contributed by atoms with Crippen LogP contribution < -0.4 is 0 Å². The lowest BCUT2D eigenvalue weighted by atomic mass is 10.0. The SMILES string of the molecule is CC(=O)c1ccccc1.CC(C)OC(C)C.CCOCC.COC.O=C(c1ccccc1)C(O)c1ccccc1.O=C(c1ccccc1)C(O)c1ccccc1.O=C(c1ccccc1)C(O)c1ccccc1. The van der Waals surface area contributed by atoms with Gasteiger partial charge in [-0.15, -0.1) is 0 Å². The standard InChI is InChI=1S/3C14H12O2.C8H8O.C6H14O.C4H10O.C2H6O/c3*15-13(11-7-3-1-4-8-11)14(16)12-9-5-2-6-10-12;1-7(9)8-5-3-2-4-6-8;1-5(2)7-6(3)4;1-3-5-4-2;1-3-2/h3*1-10,13,15H;2-6H,1H3;5-6H,1-4H3;3-4H2,1-2H3;1-2H3. The van der Waals surface area contributed by atoms with Crippen LogP contribution in [-0.2, 0) is 14.2 Å². The van der Waals surface area contributed by atoms with Crippen molar-refractivity contribution in [1.82, 2.24) is 0 Å². The van der Waals surface area contributed by atoms with E-state index in [1.165, 1.54) is 0 Å². The summed E-state index contributed by atoms with van der Waals surface area (Å²) in [6, 6.07) is 62.5. The smallest absolute Gasteiger partial charge is 0.195 e. The van der Waals surface area contributed by atoms with Gasteiger partial charge in [-0.3, -0.25) is 19.2 Å². The normalized spacial score (nSPS) is 11.1. The highest BCUT2D eigenvalue weighted by molar-refractivity contribution is 6.01. The number of benzene rings is 7.